The Morgan fingerprint density at radius 1 is 1.31 bits per heavy atom. The molecule has 0 atom stereocenters. The zero-order valence-corrected chi connectivity index (χ0v) is 6.64. The van der Waals surface area contributed by atoms with Gasteiger partial charge >= 0.3 is 0 Å². The molecule has 0 aliphatic carbocycles. The number of carbonyl (C=O) groups excluding carboxylic acids is 1. The van der Waals surface area contributed by atoms with E-state index in [-0.39, 0.29) is 0 Å². The van der Waals surface area contributed by atoms with Crippen molar-refractivity contribution in [3.8, 4) is 11.4 Å². The molecule has 64 valence electrons. The normalized spacial score (nSPS) is 9.85. The molecule has 2 aromatic heterocycles. The van der Waals surface area contributed by atoms with Crippen LogP contribution < -0.4 is 0 Å². The molecule has 2 rings (SSSR count). The van der Waals surface area contributed by atoms with E-state index in [4.69, 9.17) is 0 Å². The molecule has 0 unspecified atom stereocenters. The van der Waals surface area contributed by atoms with E-state index in [2.05, 4.69) is 20.2 Å². The summed E-state index contributed by atoms with van der Waals surface area (Å²) in [6, 6.07) is 1.76. The van der Waals surface area contributed by atoms with Crippen LogP contribution in [0.3, 0.4) is 0 Å². The molecule has 5 heteroatoms. The fourth-order valence-corrected chi connectivity index (χ4v) is 0.973. The Hall–Kier alpha value is -2.04. The molecule has 0 bridgehead atoms. The van der Waals surface area contributed by atoms with Gasteiger partial charge in [-0.1, -0.05) is 0 Å². The van der Waals surface area contributed by atoms with Gasteiger partial charge in [-0.15, -0.1) is 0 Å². The molecule has 0 saturated carbocycles. The van der Waals surface area contributed by atoms with Gasteiger partial charge in [0.15, 0.2) is 6.29 Å². The molecule has 0 spiro atoms. The Kier molecular flexibility index (Phi) is 1.84. The first kappa shape index (κ1) is 7.60. The second kappa shape index (κ2) is 3.14. The maximum absolute atomic E-state index is 10.4. The maximum atomic E-state index is 10.4. The highest BCUT2D eigenvalue weighted by Crippen LogP contribution is 2.11. The average Bonchev–Trinajstić information content (AvgIpc) is 2.67. The van der Waals surface area contributed by atoms with Gasteiger partial charge in [-0.05, 0) is 6.07 Å². The van der Waals surface area contributed by atoms with Gasteiger partial charge < -0.3 is 4.98 Å². The van der Waals surface area contributed by atoms with Crippen molar-refractivity contribution in [3.63, 3.8) is 0 Å². The molecule has 0 aliphatic rings. The van der Waals surface area contributed by atoms with Crippen molar-refractivity contribution < 1.29 is 4.79 Å². The summed E-state index contributed by atoms with van der Waals surface area (Å²) >= 11 is 0. The van der Waals surface area contributed by atoms with E-state index < -0.39 is 0 Å². The molecule has 13 heavy (non-hydrogen) atoms. The molecule has 0 fully saturated rings. The van der Waals surface area contributed by atoms with E-state index in [1.807, 2.05) is 0 Å². The number of carbonyl (C=O) groups is 1. The van der Waals surface area contributed by atoms with Gasteiger partial charge in [-0.3, -0.25) is 4.79 Å². The number of aromatic nitrogens is 4. The first-order valence-electron chi connectivity index (χ1n) is 3.67. The van der Waals surface area contributed by atoms with Crippen LogP contribution >= 0.6 is 0 Å². The molecule has 0 aliphatic heterocycles. The topological polar surface area (TPSA) is 71.5 Å². The summed E-state index contributed by atoms with van der Waals surface area (Å²) in [6.45, 7) is 0. The molecule has 1 N–H and O–H groups in total. The minimum atomic E-state index is 0.451. The average molecular weight is 174 g/mol. The van der Waals surface area contributed by atoms with E-state index in [9.17, 15) is 4.79 Å². The lowest BCUT2D eigenvalue weighted by atomic mass is 10.3. The molecule has 2 heterocycles. The molecule has 2 aromatic rings. The first-order valence-corrected chi connectivity index (χ1v) is 3.67. The summed E-state index contributed by atoms with van der Waals surface area (Å²) in [5.41, 5.74) is 1.26. The van der Waals surface area contributed by atoms with Gasteiger partial charge in [0.25, 0.3) is 0 Å². The molecule has 5 nitrogen and oxygen atoms in total. The summed E-state index contributed by atoms with van der Waals surface area (Å²) in [7, 11) is 0. The van der Waals surface area contributed by atoms with Gasteiger partial charge in [-0.25, -0.2) is 4.98 Å². The lowest BCUT2D eigenvalue weighted by molar-refractivity contribution is 0.111. The Balaban J connectivity index is 2.41. The summed E-state index contributed by atoms with van der Waals surface area (Å²) in [4.78, 5) is 17.2. The van der Waals surface area contributed by atoms with Gasteiger partial charge in [0, 0.05) is 5.56 Å². The van der Waals surface area contributed by atoms with Crippen LogP contribution in [0.15, 0.2) is 24.7 Å². The fourth-order valence-electron chi connectivity index (χ4n) is 0.973. The number of aromatic amines is 1. The van der Waals surface area contributed by atoms with Crippen molar-refractivity contribution >= 4 is 6.29 Å². The second-order valence-corrected chi connectivity index (χ2v) is 2.44. The van der Waals surface area contributed by atoms with Gasteiger partial charge in [0.1, 0.15) is 5.82 Å². The smallest absolute Gasteiger partial charge is 0.167 e. The highest BCUT2D eigenvalue weighted by atomic mass is 16.1. The third-order valence-corrected chi connectivity index (χ3v) is 1.58. The van der Waals surface area contributed by atoms with Gasteiger partial charge in [0.05, 0.1) is 24.3 Å². The number of H-pyrrole nitrogens is 1. The Morgan fingerprint density at radius 2 is 2.23 bits per heavy atom. The van der Waals surface area contributed by atoms with E-state index in [0.717, 1.165) is 5.56 Å². The van der Waals surface area contributed by atoms with Crippen molar-refractivity contribution in [2.24, 2.45) is 0 Å². The van der Waals surface area contributed by atoms with Crippen LogP contribution in [0.2, 0.25) is 0 Å². The largest absolute Gasteiger partial charge is 0.336 e. The predicted octanol–water partition coefficient (Wildman–Crippen LogP) is 0.679. The van der Waals surface area contributed by atoms with Crippen LogP contribution in [0.4, 0.5) is 0 Å². The SMILES string of the molecule is O=Cc1cnc(-c2ccnnc2)[nH]1. The van der Waals surface area contributed by atoms with Crippen molar-refractivity contribution in [2.75, 3.05) is 0 Å². The van der Waals surface area contributed by atoms with Gasteiger partial charge in [-0.2, -0.15) is 10.2 Å². The molecular formula is C8H6N4O. The molecule has 0 aromatic carbocycles. The summed E-state index contributed by atoms with van der Waals surface area (Å²) < 4.78 is 0. The van der Waals surface area contributed by atoms with Crippen LogP contribution in [-0.2, 0) is 0 Å². The first-order chi connectivity index (χ1) is 6.40. The zero-order chi connectivity index (χ0) is 9.10. The van der Waals surface area contributed by atoms with Crippen LogP contribution in [0.1, 0.15) is 10.5 Å². The Labute approximate surface area is 73.9 Å². The highest BCUT2D eigenvalue weighted by molar-refractivity contribution is 5.73. The van der Waals surface area contributed by atoms with Crippen molar-refractivity contribution in [2.45, 2.75) is 0 Å². The monoisotopic (exact) mass is 174 g/mol. The van der Waals surface area contributed by atoms with Crippen molar-refractivity contribution in [3.05, 3.63) is 30.4 Å². The predicted molar refractivity (Wildman–Crippen MR) is 45.0 cm³/mol. The number of aldehydes is 1. The van der Waals surface area contributed by atoms with E-state index in [1.54, 1.807) is 18.5 Å². The third-order valence-electron chi connectivity index (χ3n) is 1.58. The van der Waals surface area contributed by atoms with E-state index >= 15 is 0 Å². The quantitative estimate of drug-likeness (QED) is 0.679. The lowest BCUT2D eigenvalue weighted by Crippen LogP contribution is -1.84. The number of nitrogens with one attached hydrogen (secondary N) is 1. The molecule has 0 amide bonds. The van der Waals surface area contributed by atoms with Crippen molar-refractivity contribution in [1.29, 1.82) is 0 Å². The molecule has 0 saturated heterocycles. The summed E-state index contributed by atoms with van der Waals surface area (Å²) in [5.74, 6) is 0.622. The van der Waals surface area contributed by atoms with E-state index in [0.29, 0.717) is 17.8 Å². The minimum Gasteiger partial charge on any atom is -0.336 e. The second-order valence-electron chi connectivity index (χ2n) is 2.44. The Bertz CT molecular complexity index is 409. The van der Waals surface area contributed by atoms with Crippen LogP contribution in [-0.4, -0.2) is 26.5 Å². The number of rotatable bonds is 2. The molecular weight excluding hydrogens is 168 g/mol. The lowest BCUT2D eigenvalue weighted by Gasteiger charge is -1.91. The van der Waals surface area contributed by atoms with Crippen LogP contribution in [0, 0.1) is 0 Å². The fraction of sp³-hybridized carbons (Fsp3) is 0. The van der Waals surface area contributed by atoms with Gasteiger partial charge in [0.2, 0.25) is 0 Å². The zero-order valence-electron chi connectivity index (χ0n) is 6.64. The number of hydrogen-bond donors (Lipinski definition) is 1. The summed E-state index contributed by atoms with van der Waals surface area (Å²) in [5, 5.41) is 7.33. The number of imidazole rings is 1. The van der Waals surface area contributed by atoms with Crippen LogP contribution in [0.25, 0.3) is 11.4 Å². The number of hydrogen-bond acceptors (Lipinski definition) is 4. The van der Waals surface area contributed by atoms with Crippen molar-refractivity contribution in [1.82, 2.24) is 20.2 Å². The molecule has 0 radical (unpaired) electrons. The Morgan fingerprint density at radius 3 is 2.85 bits per heavy atom. The third kappa shape index (κ3) is 1.44. The standard InChI is InChI=1S/C8H6N4O/c13-5-7-4-9-8(12-7)6-1-2-10-11-3-6/h1-5H,(H,9,12). The van der Waals surface area contributed by atoms with E-state index in [1.165, 1.54) is 6.20 Å². The summed E-state index contributed by atoms with van der Waals surface area (Å²) in [6.07, 6.45) is 5.33. The number of nitrogens with zero attached hydrogens (tertiary/aromatic N) is 3. The van der Waals surface area contributed by atoms with Crippen LogP contribution in [0.5, 0.6) is 0 Å². The minimum absolute atomic E-state index is 0.451. The highest BCUT2D eigenvalue weighted by Gasteiger charge is 2.01. The maximum Gasteiger partial charge on any atom is 0.167 e.